The molecule has 0 spiro atoms. The molecule has 1 radical (unpaired) electrons. The van der Waals surface area contributed by atoms with Crippen LogP contribution in [0.25, 0.3) is 0 Å². The van der Waals surface area contributed by atoms with Gasteiger partial charge in [-0.2, -0.15) is 0 Å². The van der Waals surface area contributed by atoms with Crippen LogP contribution in [0.4, 0.5) is 0 Å². The normalized spacial score (nSPS) is 18.2. The molecule has 1 fully saturated rings. The van der Waals surface area contributed by atoms with Crippen LogP contribution in [0.3, 0.4) is 0 Å². The van der Waals surface area contributed by atoms with Crippen molar-refractivity contribution in [2.24, 2.45) is 0 Å². The van der Waals surface area contributed by atoms with Crippen molar-refractivity contribution in [2.45, 2.75) is 32.0 Å². The molecule has 0 unspecified atom stereocenters. The number of hydrogen-bond acceptors (Lipinski definition) is 2. The Balaban J connectivity index is 2.26. The lowest BCUT2D eigenvalue weighted by atomic mass is 10.1. The van der Waals surface area contributed by atoms with Crippen molar-refractivity contribution >= 4 is 23.2 Å². The predicted molar refractivity (Wildman–Crippen MR) is 58.8 cm³/mol. The minimum absolute atomic E-state index is 0.171. The van der Waals surface area contributed by atoms with Crippen LogP contribution >= 0.6 is 23.2 Å². The molecule has 0 saturated heterocycles. The average molecular weight is 240 g/mol. The van der Waals surface area contributed by atoms with Crippen molar-refractivity contribution in [3.05, 3.63) is 5.92 Å². The first-order valence-electron chi connectivity index (χ1n) is 5.08. The highest BCUT2D eigenvalue weighted by molar-refractivity contribution is 6.18. The second kappa shape index (κ2) is 7.75. The summed E-state index contributed by atoms with van der Waals surface area (Å²) in [6.45, 7) is 1.08. The first-order chi connectivity index (χ1) is 6.88. The Morgan fingerprint density at radius 2 is 1.50 bits per heavy atom. The molecule has 83 valence electrons. The van der Waals surface area contributed by atoms with Gasteiger partial charge in [-0.25, -0.2) is 0 Å². The summed E-state index contributed by atoms with van der Waals surface area (Å²) in [5.41, 5.74) is 0. The minimum Gasteiger partial charge on any atom is -0.351 e. The number of hydrogen-bond donors (Lipinski definition) is 0. The van der Waals surface area contributed by atoms with Gasteiger partial charge in [-0.15, -0.1) is 23.2 Å². The molecule has 1 aliphatic carbocycles. The zero-order chi connectivity index (χ0) is 10.2. The van der Waals surface area contributed by atoms with Gasteiger partial charge in [0, 0.05) is 17.7 Å². The Bertz CT molecular complexity index is 130. The minimum atomic E-state index is -0.171. The number of ether oxygens (including phenoxy) is 2. The highest BCUT2D eigenvalue weighted by Gasteiger charge is 2.26. The lowest BCUT2D eigenvalue weighted by Gasteiger charge is -2.22. The molecule has 1 rings (SSSR count). The van der Waals surface area contributed by atoms with Crippen LogP contribution in [-0.2, 0) is 9.47 Å². The third kappa shape index (κ3) is 4.35. The zero-order valence-corrected chi connectivity index (χ0v) is 9.82. The van der Waals surface area contributed by atoms with Crippen LogP contribution in [0, 0.1) is 5.92 Å². The van der Waals surface area contributed by atoms with Crippen LogP contribution in [0.2, 0.25) is 0 Å². The van der Waals surface area contributed by atoms with Gasteiger partial charge in [-0.1, -0.05) is 12.8 Å². The summed E-state index contributed by atoms with van der Waals surface area (Å²) in [6, 6.07) is 0. The van der Waals surface area contributed by atoms with Gasteiger partial charge >= 0.3 is 0 Å². The van der Waals surface area contributed by atoms with Crippen molar-refractivity contribution in [3.8, 4) is 0 Å². The molecule has 0 aromatic heterocycles. The molecule has 2 nitrogen and oxygen atoms in total. The molecular formula is C10H17Cl2O2. The van der Waals surface area contributed by atoms with Gasteiger partial charge < -0.3 is 9.47 Å². The third-order valence-electron chi connectivity index (χ3n) is 2.27. The van der Waals surface area contributed by atoms with Gasteiger partial charge in [0.15, 0.2) is 6.29 Å². The fourth-order valence-corrected chi connectivity index (χ4v) is 1.83. The van der Waals surface area contributed by atoms with Gasteiger partial charge in [0.05, 0.1) is 13.2 Å². The molecule has 0 aliphatic heterocycles. The van der Waals surface area contributed by atoms with Gasteiger partial charge in [-0.05, 0) is 12.8 Å². The van der Waals surface area contributed by atoms with E-state index in [0.29, 0.717) is 25.0 Å². The van der Waals surface area contributed by atoms with E-state index in [2.05, 4.69) is 0 Å². The van der Waals surface area contributed by atoms with Crippen molar-refractivity contribution in [2.75, 3.05) is 25.0 Å². The maximum absolute atomic E-state index is 5.57. The quantitative estimate of drug-likeness (QED) is 0.503. The fraction of sp³-hybridized carbons (Fsp3) is 0.900. The lowest BCUT2D eigenvalue weighted by molar-refractivity contribution is -0.125. The summed E-state index contributed by atoms with van der Waals surface area (Å²) in [7, 11) is 0. The summed E-state index contributed by atoms with van der Waals surface area (Å²) in [6.07, 6.45) is 4.57. The molecule has 0 N–H and O–H groups in total. The maximum atomic E-state index is 5.57. The van der Waals surface area contributed by atoms with E-state index in [1.807, 2.05) is 0 Å². The van der Waals surface area contributed by atoms with E-state index >= 15 is 0 Å². The Morgan fingerprint density at radius 3 is 1.93 bits per heavy atom. The summed E-state index contributed by atoms with van der Waals surface area (Å²) < 4.78 is 11.1. The van der Waals surface area contributed by atoms with Crippen molar-refractivity contribution < 1.29 is 9.47 Å². The Kier molecular flexibility index (Phi) is 6.96. The first-order valence-corrected chi connectivity index (χ1v) is 6.15. The number of alkyl halides is 2. The Labute approximate surface area is 95.9 Å². The maximum Gasteiger partial charge on any atom is 0.163 e. The van der Waals surface area contributed by atoms with E-state index in [1.165, 1.54) is 18.8 Å². The monoisotopic (exact) mass is 239 g/mol. The first kappa shape index (κ1) is 12.6. The van der Waals surface area contributed by atoms with Crippen LogP contribution in [-0.4, -0.2) is 31.3 Å². The van der Waals surface area contributed by atoms with Crippen molar-refractivity contribution in [1.29, 1.82) is 0 Å². The molecule has 1 aliphatic rings. The van der Waals surface area contributed by atoms with E-state index < -0.39 is 0 Å². The topological polar surface area (TPSA) is 18.5 Å². The molecule has 0 aromatic carbocycles. The molecule has 0 bridgehead atoms. The van der Waals surface area contributed by atoms with Crippen molar-refractivity contribution in [1.82, 2.24) is 0 Å². The molecule has 1 saturated carbocycles. The molecule has 0 amide bonds. The van der Waals surface area contributed by atoms with Crippen LogP contribution in [0.15, 0.2) is 0 Å². The van der Waals surface area contributed by atoms with Gasteiger partial charge in [0.25, 0.3) is 0 Å². The van der Waals surface area contributed by atoms with E-state index in [-0.39, 0.29) is 6.29 Å². The summed E-state index contributed by atoms with van der Waals surface area (Å²) >= 11 is 11.1. The summed E-state index contributed by atoms with van der Waals surface area (Å²) in [4.78, 5) is 0. The molecule has 0 atom stereocenters. The predicted octanol–water partition coefficient (Wildman–Crippen LogP) is 2.97. The van der Waals surface area contributed by atoms with E-state index in [9.17, 15) is 0 Å². The number of rotatable bonds is 7. The largest absolute Gasteiger partial charge is 0.351 e. The number of halogens is 2. The molecule has 0 heterocycles. The second-order valence-electron chi connectivity index (χ2n) is 3.32. The van der Waals surface area contributed by atoms with Gasteiger partial charge in [0.1, 0.15) is 0 Å². The Morgan fingerprint density at radius 1 is 1.00 bits per heavy atom. The molecule has 4 heteroatoms. The van der Waals surface area contributed by atoms with Crippen LogP contribution in [0.5, 0.6) is 0 Å². The lowest BCUT2D eigenvalue weighted by Crippen LogP contribution is -2.25. The summed E-state index contributed by atoms with van der Waals surface area (Å²) in [5.74, 6) is 2.38. The van der Waals surface area contributed by atoms with E-state index in [0.717, 1.165) is 12.8 Å². The fourth-order valence-electron chi connectivity index (χ4n) is 1.65. The standard InChI is InChI=1S/C10H17Cl2O2/c11-5-7-13-10(14-8-6-12)9-3-1-2-4-9/h10H,1-8H2. The zero-order valence-electron chi connectivity index (χ0n) is 8.31. The third-order valence-corrected chi connectivity index (χ3v) is 2.58. The molecular weight excluding hydrogens is 223 g/mol. The van der Waals surface area contributed by atoms with Crippen LogP contribution < -0.4 is 0 Å². The smallest absolute Gasteiger partial charge is 0.163 e. The summed E-state index contributed by atoms with van der Waals surface area (Å²) in [5, 5.41) is 0. The van der Waals surface area contributed by atoms with E-state index in [4.69, 9.17) is 32.7 Å². The van der Waals surface area contributed by atoms with E-state index in [1.54, 1.807) is 0 Å². The van der Waals surface area contributed by atoms with Gasteiger partial charge in [0.2, 0.25) is 0 Å². The highest BCUT2D eigenvalue weighted by atomic mass is 35.5. The average Bonchev–Trinajstić information content (AvgIpc) is 2.71. The Hall–Kier alpha value is 0.500. The van der Waals surface area contributed by atoms with Gasteiger partial charge in [-0.3, -0.25) is 0 Å². The highest BCUT2D eigenvalue weighted by Crippen LogP contribution is 2.31. The SMILES string of the molecule is ClCCOC(OCCCl)[C]1CCCC1. The van der Waals surface area contributed by atoms with Crippen molar-refractivity contribution in [3.63, 3.8) is 0 Å². The molecule has 14 heavy (non-hydrogen) atoms. The molecule has 0 aromatic rings. The van der Waals surface area contributed by atoms with Crippen LogP contribution in [0.1, 0.15) is 25.7 Å². The second-order valence-corrected chi connectivity index (χ2v) is 4.07.